The molecule has 0 aliphatic rings. The summed E-state index contributed by atoms with van der Waals surface area (Å²) in [6.45, 7) is 8.30. The molecular formula is C24H33O5P. The summed E-state index contributed by atoms with van der Waals surface area (Å²) >= 11 is 0. The van der Waals surface area contributed by atoms with Crippen LogP contribution in [0, 0.1) is 6.92 Å². The average molecular weight is 432 g/mol. The molecule has 1 atom stereocenters. The fraction of sp³-hybridized carbons (Fsp3) is 0.458. The number of hydrogen-bond acceptors (Lipinski definition) is 5. The van der Waals surface area contributed by atoms with E-state index in [0.29, 0.717) is 19.2 Å². The van der Waals surface area contributed by atoms with Crippen LogP contribution in [0.3, 0.4) is 0 Å². The third kappa shape index (κ3) is 9.60. The molecule has 164 valence electrons. The first kappa shape index (κ1) is 24.2. The second-order valence-corrected chi connectivity index (χ2v) is 11.1. The lowest BCUT2D eigenvalue weighted by Gasteiger charge is -2.27. The number of rotatable bonds is 11. The van der Waals surface area contributed by atoms with Crippen molar-refractivity contribution in [2.24, 2.45) is 0 Å². The van der Waals surface area contributed by atoms with Crippen LogP contribution in [0.5, 0.6) is 5.75 Å². The summed E-state index contributed by atoms with van der Waals surface area (Å²) in [4.78, 5) is 12.1. The van der Waals surface area contributed by atoms with Crippen molar-refractivity contribution in [1.82, 2.24) is 0 Å². The maximum absolute atomic E-state index is 13.4. The summed E-state index contributed by atoms with van der Waals surface area (Å²) in [5.41, 5.74) is 1.54. The molecule has 0 aliphatic heterocycles. The molecule has 0 N–H and O–H groups in total. The molecule has 0 fully saturated rings. The lowest BCUT2D eigenvalue weighted by molar-refractivity contribution is -0.144. The predicted octanol–water partition coefficient (Wildman–Crippen LogP) is 5.99. The zero-order chi connectivity index (χ0) is 22.0. The first-order valence-electron chi connectivity index (χ1n) is 10.3. The van der Waals surface area contributed by atoms with Gasteiger partial charge in [-0.2, -0.15) is 0 Å². The summed E-state index contributed by atoms with van der Waals surface area (Å²) in [6, 6.07) is 17.3. The topological polar surface area (TPSA) is 61.8 Å². The minimum absolute atomic E-state index is 0.0685. The van der Waals surface area contributed by atoms with Crippen LogP contribution in [-0.2, 0) is 25.2 Å². The van der Waals surface area contributed by atoms with Crippen molar-refractivity contribution in [3.63, 3.8) is 0 Å². The smallest absolute Gasteiger partial charge is 0.306 e. The van der Waals surface area contributed by atoms with Crippen molar-refractivity contribution < 1.29 is 23.4 Å². The third-order valence-corrected chi connectivity index (χ3v) is 7.06. The molecule has 0 heterocycles. The Bertz CT molecular complexity index is 825. The Labute approximate surface area is 180 Å². The quantitative estimate of drug-likeness (QED) is 0.248. The molecule has 0 amide bonds. The van der Waals surface area contributed by atoms with Crippen LogP contribution in [-0.4, -0.2) is 30.5 Å². The Hall–Kier alpha value is -2.10. The van der Waals surface area contributed by atoms with Gasteiger partial charge in [-0.15, -0.1) is 0 Å². The molecule has 0 aromatic heterocycles. The Morgan fingerprint density at radius 1 is 0.967 bits per heavy atom. The van der Waals surface area contributed by atoms with Crippen molar-refractivity contribution in [1.29, 1.82) is 0 Å². The normalized spacial score (nSPS) is 13.5. The Kier molecular flexibility index (Phi) is 9.13. The van der Waals surface area contributed by atoms with E-state index in [4.69, 9.17) is 14.0 Å². The van der Waals surface area contributed by atoms with Gasteiger partial charge >= 0.3 is 5.97 Å². The van der Waals surface area contributed by atoms with Gasteiger partial charge in [0.25, 0.3) is 0 Å². The second kappa shape index (κ2) is 11.3. The first-order chi connectivity index (χ1) is 14.2. The van der Waals surface area contributed by atoms with E-state index in [1.165, 1.54) is 5.56 Å². The van der Waals surface area contributed by atoms with Gasteiger partial charge in [0.15, 0.2) is 0 Å². The molecule has 0 aliphatic carbocycles. The van der Waals surface area contributed by atoms with E-state index in [-0.39, 0.29) is 25.2 Å². The number of carbonyl (C=O) groups is 1. The number of aryl methyl sites for hydroxylation is 1. The molecule has 30 heavy (non-hydrogen) atoms. The van der Waals surface area contributed by atoms with Crippen LogP contribution in [0.15, 0.2) is 54.6 Å². The van der Waals surface area contributed by atoms with E-state index in [9.17, 15) is 9.36 Å². The van der Waals surface area contributed by atoms with Crippen LogP contribution >= 0.6 is 7.37 Å². The van der Waals surface area contributed by atoms with E-state index in [0.717, 1.165) is 11.3 Å². The molecule has 5 nitrogen and oxygen atoms in total. The minimum Gasteiger partial charge on any atom is -0.494 e. The maximum Gasteiger partial charge on any atom is 0.306 e. The van der Waals surface area contributed by atoms with Gasteiger partial charge < -0.3 is 14.0 Å². The molecule has 6 heteroatoms. The van der Waals surface area contributed by atoms with Crippen LogP contribution < -0.4 is 4.74 Å². The summed E-state index contributed by atoms with van der Waals surface area (Å²) in [5, 5.41) is 0. The van der Waals surface area contributed by atoms with Crippen LogP contribution in [0.1, 0.15) is 44.7 Å². The molecule has 0 radical (unpaired) electrons. The van der Waals surface area contributed by atoms with Crippen LogP contribution in [0.2, 0.25) is 0 Å². The third-order valence-electron chi connectivity index (χ3n) is 4.27. The van der Waals surface area contributed by atoms with Crippen LogP contribution in [0.4, 0.5) is 0 Å². The lowest BCUT2D eigenvalue weighted by Crippen LogP contribution is -2.21. The zero-order valence-electron chi connectivity index (χ0n) is 18.4. The monoisotopic (exact) mass is 432 g/mol. The zero-order valence-corrected chi connectivity index (χ0v) is 19.3. The molecule has 0 bridgehead atoms. The molecule has 1 unspecified atom stereocenters. The number of esters is 1. The van der Waals surface area contributed by atoms with Gasteiger partial charge in [-0.05, 0) is 51.8 Å². The van der Waals surface area contributed by atoms with E-state index in [2.05, 4.69) is 0 Å². The van der Waals surface area contributed by atoms with Gasteiger partial charge in [-0.3, -0.25) is 9.36 Å². The van der Waals surface area contributed by atoms with Crippen molar-refractivity contribution >= 4 is 13.3 Å². The largest absolute Gasteiger partial charge is 0.494 e. The number of ether oxygens (including phenoxy) is 2. The number of carbonyl (C=O) groups excluding carboxylic acids is 1. The van der Waals surface area contributed by atoms with Gasteiger partial charge in [0, 0.05) is 12.3 Å². The van der Waals surface area contributed by atoms with Crippen molar-refractivity contribution in [3.05, 3.63) is 65.7 Å². The molecular weight excluding hydrogens is 399 g/mol. The van der Waals surface area contributed by atoms with Gasteiger partial charge in [0.1, 0.15) is 12.4 Å². The molecule has 0 spiro atoms. The van der Waals surface area contributed by atoms with Crippen molar-refractivity contribution in [2.45, 2.75) is 52.7 Å². The maximum atomic E-state index is 13.4. The Morgan fingerprint density at radius 3 is 2.27 bits per heavy atom. The average Bonchev–Trinajstić information content (AvgIpc) is 2.69. The second-order valence-electron chi connectivity index (χ2n) is 8.38. The summed E-state index contributed by atoms with van der Waals surface area (Å²) < 4.78 is 30.3. The van der Waals surface area contributed by atoms with E-state index >= 15 is 0 Å². The number of hydrogen-bond donors (Lipinski definition) is 0. The predicted molar refractivity (Wildman–Crippen MR) is 120 cm³/mol. The molecule has 2 aromatic rings. The van der Waals surface area contributed by atoms with Crippen molar-refractivity contribution in [3.8, 4) is 5.75 Å². The molecule has 0 saturated heterocycles. The fourth-order valence-electron chi connectivity index (χ4n) is 2.90. The summed E-state index contributed by atoms with van der Waals surface area (Å²) in [5.74, 6) is 0.421. The number of benzene rings is 2. The molecule has 2 rings (SSSR count). The lowest BCUT2D eigenvalue weighted by atomic mass is 10.2. The minimum atomic E-state index is -3.00. The SMILES string of the molecule is Cc1ccc(OCCCP(=O)(CCC(=O)OCc2ccccc2)OC(C)(C)C)cc1. The van der Waals surface area contributed by atoms with E-state index in [1.54, 1.807) is 0 Å². The molecule has 2 aromatic carbocycles. The highest BCUT2D eigenvalue weighted by atomic mass is 31.2. The summed E-state index contributed by atoms with van der Waals surface area (Å²) in [6.07, 6.45) is 1.18. The molecule has 0 saturated carbocycles. The first-order valence-corrected chi connectivity index (χ1v) is 12.3. The van der Waals surface area contributed by atoms with E-state index in [1.807, 2.05) is 82.3 Å². The summed E-state index contributed by atoms with van der Waals surface area (Å²) in [7, 11) is -3.00. The fourth-order valence-corrected chi connectivity index (χ4v) is 5.44. The highest BCUT2D eigenvalue weighted by Crippen LogP contribution is 2.51. The van der Waals surface area contributed by atoms with Crippen LogP contribution in [0.25, 0.3) is 0 Å². The highest BCUT2D eigenvalue weighted by molar-refractivity contribution is 7.59. The van der Waals surface area contributed by atoms with E-state index < -0.39 is 13.0 Å². The van der Waals surface area contributed by atoms with Crippen molar-refractivity contribution in [2.75, 3.05) is 18.9 Å². The van der Waals surface area contributed by atoms with Gasteiger partial charge in [0.2, 0.25) is 7.37 Å². The van der Waals surface area contributed by atoms with Gasteiger partial charge in [0.05, 0.1) is 18.6 Å². The Morgan fingerprint density at radius 2 is 1.63 bits per heavy atom. The standard InChI is InChI=1S/C24H33O5P/c1-20-11-13-22(14-12-20)27-16-8-17-30(26,29-24(2,3)4)18-15-23(25)28-19-21-9-6-5-7-10-21/h5-7,9-14H,8,15-19H2,1-4H3. The van der Waals surface area contributed by atoms with Gasteiger partial charge in [-0.25, -0.2) is 0 Å². The highest BCUT2D eigenvalue weighted by Gasteiger charge is 2.30. The Balaban J connectivity index is 1.82. The van der Waals surface area contributed by atoms with Gasteiger partial charge in [-0.1, -0.05) is 48.0 Å².